The molecule has 0 spiro atoms. The molecule has 0 radical (unpaired) electrons. The number of anilines is 1. The fourth-order valence-electron chi connectivity index (χ4n) is 2.74. The second-order valence-electron chi connectivity index (χ2n) is 4.93. The van der Waals surface area contributed by atoms with Gasteiger partial charge in [0.1, 0.15) is 12.1 Å². The van der Waals surface area contributed by atoms with Crippen LogP contribution in [0.2, 0.25) is 0 Å². The number of benzene rings is 1. The number of hydrogen-bond acceptors (Lipinski definition) is 6. The molecule has 2 aromatic rings. The average molecular weight is 289 g/mol. The summed E-state index contributed by atoms with van der Waals surface area (Å²) in [5.41, 5.74) is 1.85. The second kappa shape index (κ2) is 5.73. The standard InChI is InChI=1S/C15H19N3O3/c1-10-13-11(8-12(19-2)14(10)20-3)15(17-9-16-13)18-4-6-21-7-5-18/h8-9H,4-7H2,1-3H3. The van der Waals surface area contributed by atoms with Crippen LogP contribution in [0.5, 0.6) is 11.5 Å². The van der Waals surface area contributed by atoms with Gasteiger partial charge in [0, 0.05) is 24.0 Å². The van der Waals surface area contributed by atoms with E-state index >= 15 is 0 Å². The molecule has 21 heavy (non-hydrogen) atoms. The minimum Gasteiger partial charge on any atom is -0.493 e. The lowest BCUT2D eigenvalue weighted by atomic mass is 10.1. The second-order valence-corrected chi connectivity index (χ2v) is 4.93. The maximum absolute atomic E-state index is 5.44. The summed E-state index contributed by atoms with van der Waals surface area (Å²) in [7, 11) is 3.28. The molecule has 112 valence electrons. The summed E-state index contributed by atoms with van der Waals surface area (Å²) < 4.78 is 16.3. The van der Waals surface area contributed by atoms with Crippen LogP contribution in [0.15, 0.2) is 12.4 Å². The number of aromatic nitrogens is 2. The lowest BCUT2D eigenvalue weighted by molar-refractivity contribution is 0.122. The first-order valence-corrected chi connectivity index (χ1v) is 6.95. The molecule has 1 aromatic carbocycles. The number of rotatable bonds is 3. The highest BCUT2D eigenvalue weighted by Gasteiger charge is 2.20. The normalized spacial score (nSPS) is 15.3. The van der Waals surface area contributed by atoms with E-state index in [1.54, 1.807) is 20.5 Å². The smallest absolute Gasteiger partial charge is 0.165 e. The van der Waals surface area contributed by atoms with Crippen molar-refractivity contribution in [2.24, 2.45) is 0 Å². The van der Waals surface area contributed by atoms with Crippen LogP contribution < -0.4 is 14.4 Å². The molecule has 1 fully saturated rings. The number of ether oxygens (including phenoxy) is 3. The molecule has 1 saturated heterocycles. The third kappa shape index (κ3) is 2.35. The Bertz CT molecular complexity index is 654. The summed E-state index contributed by atoms with van der Waals surface area (Å²) in [6.07, 6.45) is 1.60. The summed E-state index contributed by atoms with van der Waals surface area (Å²) in [6.45, 7) is 5.09. The highest BCUT2D eigenvalue weighted by molar-refractivity contribution is 5.94. The number of nitrogens with zero attached hydrogens (tertiary/aromatic N) is 3. The van der Waals surface area contributed by atoms with Crippen molar-refractivity contribution in [2.75, 3.05) is 45.4 Å². The van der Waals surface area contributed by atoms with Gasteiger partial charge in [0.25, 0.3) is 0 Å². The van der Waals surface area contributed by atoms with Crippen molar-refractivity contribution < 1.29 is 14.2 Å². The Balaban J connectivity index is 2.20. The number of fused-ring (bicyclic) bond motifs is 1. The fourth-order valence-corrected chi connectivity index (χ4v) is 2.74. The van der Waals surface area contributed by atoms with Crippen molar-refractivity contribution in [3.05, 3.63) is 18.0 Å². The fraction of sp³-hybridized carbons (Fsp3) is 0.467. The van der Waals surface area contributed by atoms with Crippen LogP contribution in [0.4, 0.5) is 5.82 Å². The van der Waals surface area contributed by atoms with Gasteiger partial charge in [-0.1, -0.05) is 0 Å². The van der Waals surface area contributed by atoms with Crippen molar-refractivity contribution in [1.29, 1.82) is 0 Å². The van der Waals surface area contributed by atoms with E-state index in [0.29, 0.717) is 5.75 Å². The van der Waals surface area contributed by atoms with Crippen LogP contribution >= 0.6 is 0 Å². The summed E-state index contributed by atoms with van der Waals surface area (Å²) in [6, 6.07) is 1.95. The number of aryl methyl sites for hydroxylation is 1. The molecule has 1 aromatic heterocycles. The van der Waals surface area contributed by atoms with Crippen LogP contribution in [0.25, 0.3) is 10.9 Å². The molecule has 6 nitrogen and oxygen atoms in total. The Kier molecular flexibility index (Phi) is 3.79. The Hall–Kier alpha value is -2.08. The van der Waals surface area contributed by atoms with Gasteiger partial charge in [-0.25, -0.2) is 9.97 Å². The average Bonchev–Trinajstić information content (AvgIpc) is 2.55. The van der Waals surface area contributed by atoms with Gasteiger partial charge in [-0.05, 0) is 13.0 Å². The van der Waals surface area contributed by atoms with Crippen LogP contribution in [0.3, 0.4) is 0 Å². The Morgan fingerprint density at radius 2 is 1.90 bits per heavy atom. The molecule has 6 heteroatoms. The van der Waals surface area contributed by atoms with E-state index in [4.69, 9.17) is 14.2 Å². The SMILES string of the molecule is COc1cc2c(N3CCOCC3)ncnc2c(C)c1OC. The minimum atomic E-state index is 0.701. The van der Waals surface area contributed by atoms with E-state index in [0.717, 1.165) is 54.3 Å². The molecule has 0 atom stereocenters. The molecule has 3 rings (SSSR count). The first-order valence-electron chi connectivity index (χ1n) is 6.95. The molecule has 0 bridgehead atoms. The lowest BCUT2D eigenvalue weighted by Gasteiger charge is -2.28. The third-order valence-electron chi connectivity index (χ3n) is 3.79. The lowest BCUT2D eigenvalue weighted by Crippen LogP contribution is -2.36. The van der Waals surface area contributed by atoms with Crippen molar-refractivity contribution >= 4 is 16.7 Å². The van der Waals surface area contributed by atoms with Crippen molar-refractivity contribution in [3.63, 3.8) is 0 Å². The highest BCUT2D eigenvalue weighted by atomic mass is 16.5. The van der Waals surface area contributed by atoms with Crippen LogP contribution in [0.1, 0.15) is 5.56 Å². The highest BCUT2D eigenvalue weighted by Crippen LogP contribution is 2.38. The summed E-state index contributed by atoms with van der Waals surface area (Å²) in [5, 5.41) is 0.981. The first kappa shape index (κ1) is 13.9. The molecule has 1 aliphatic heterocycles. The molecular formula is C15H19N3O3. The van der Waals surface area contributed by atoms with Gasteiger partial charge in [-0.2, -0.15) is 0 Å². The van der Waals surface area contributed by atoms with Gasteiger partial charge in [0.15, 0.2) is 11.5 Å². The maximum Gasteiger partial charge on any atom is 0.165 e. The number of morpholine rings is 1. The van der Waals surface area contributed by atoms with Crippen LogP contribution in [-0.2, 0) is 4.74 Å². The summed E-state index contributed by atoms with van der Waals surface area (Å²) >= 11 is 0. The van der Waals surface area contributed by atoms with E-state index in [9.17, 15) is 0 Å². The van der Waals surface area contributed by atoms with Gasteiger partial charge < -0.3 is 19.1 Å². The maximum atomic E-state index is 5.44. The molecule has 0 saturated carbocycles. The van der Waals surface area contributed by atoms with Crippen LogP contribution in [0, 0.1) is 6.92 Å². The van der Waals surface area contributed by atoms with E-state index in [1.807, 2.05) is 13.0 Å². The quantitative estimate of drug-likeness (QED) is 0.858. The van der Waals surface area contributed by atoms with Crippen molar-refractivity contribution in [2.45, 2.75) is 6.92 Å². The summed E-state index contributed by atoms with van der Waals surface area (Å²) in [5.74, 6) is 2.34. The van der Waals surface area contributed by atoms with Gasteiger partial charge >= 0.3 is 0 Å². The molecule has 0 unspecified atom stereocenters. The number of hydrogen-bond donors (Lipinski definition) is 0. The summed E-state index contributed by atoms with van der Waals surface area (Å²) in [4.78, 5) is 11.1. The predicted molar refractivity (Wildman–Crippen MR) is 80.4 cm³/mol. The topological polar surface area (TPSA) is 56.7 Å². The number of methoxy groups -OCH3 is 2. The van der Waals surface area contributed by atoms with Crippen LogP contribution in [-0.4, -0.2) is 50.5 Å². The third-order valence-corrected chi connectivity index (χ3v) is 3.79. The Morgan fingerprint density at radius 1 is 1.14 bits per heavy atom. The zero-order chi connectivity index (χ0) is 14.8. The van der Waals surface area contributed by atoms with Gasteiger partial charge in [0.2, 0.25) is 0 Å². The van der Waals surface area contributed by atoms with Gasteiger partial charge in [-0.3, -0.25) is 0 Å². The minimum absolute atomic E-state index is 0.701. The molecular weight excluding hydrogens is 270 g/mol. The molecule has 0 N–H and O–H groups in total. The van der Waals surface area contributed by atoms with E-state index in [-0.39, 0.29) is 0 Å². The van der Waals surface area contributed by atoms with Crippen molar-refractivity contribution in [1.82, 2.24) is 9.97 Å². The zero-order valence-electron chi connectivity index (χ0n) is 12.5. The molecule has 0 amide bonds. The first-order chi connectivity index (χ1) is 10.3. The van der Waals surface area contributed by atoms with E-state index in [2.05, 4.69) is 14.9 Å². The Morgan fingerprint density at radius 3 is 2.57 bits per heavy atom. The van der Waals surface area contributed by atoms with Crippen molar-refractivity contribution in [3.8, 4) is 11.5 Å². The molecule has 1 aliphatic rings. The zero-order valence-corrected chi connectivity index (χ0v) is 12.5. The Labute approximate surface area is 123 Å². The van der Waals surface area contributed by atoms with Gasteiger partial charge in [-0.15, -0.1) is 0 Å². The largest absolute Gasteiger partial charge is 0.493 e. The monoisotopic (exact) mass is 289 g/mol. The predicted octanol–water partition coefficient (Wildman–Crippen LogP) is 1.79. The van der Waals surface area contributed by atoms with Gasteiger partial charge in [0.05, 0.1) is 33.0 Å². The van der Waals surface area contributed by atoms with E-state index < -0.39 is 0 Å². The van der Waals surface area contributed by atoms with E-state index in [1.165, 1.54) is 0 Å². The molecule has 2 heterocycles. The molecule has 0 aliphatic carbocycles.